The quantitative estimate of drug-likeness (QED) is 0.865. The van der Waals surface area contributed by atoms with Crippen LogP contribution in [0.5, 0.6) is 0 Å². The second-order valence-electron chi connectivity index (χ2n) is 6.30. The number of aryl methyl sites for hydroxylation is 2. The highest BCUT2D eigenvalue weighted by atomic mass is 16.2. The fraction of sp³-hybridized carbons (Fsp3) is 0.444. The van der Waals surface area contributed by atoms with Gasteiger partial charge in [0.05, 0.1) is 5.69 Å². The van der Waals surface area contributed by atoms with Crippen molar-refractivity contribution in [2.45, 2.75) is 26.9 Å². The number of rotatable bonds is 4. The van der Waals surface area contributed by atoms with Crippen LogP contribution in [0.15, 0.2) is 36.5 Å². The van der Waals surface area contributed by atoms with Crippen LogP contribution < -0.4 is 0 Å². The Hall–Kier alpha value is -2.14. The fourth-order valence-corrected chi connectivity index (χ4v) is 3.01. The second kappa shape index (κ2) is 6.96. The van der Waals surface area contributed by atoms with Gasteiger partial charge in [0.15, 0.2) is 0 Å². The molecule has 0 atom stereocenters. The van der Waals surface area contributed by atoms with Gasteiger partial charge in [-0.2, -0.15) is 5.10 Å². The third-order valence-corrected chi connectivity index (χ3v) is 4.28. The van der Waals surface area contributed by atoms with Crippen LogP contribution >= 0.6 is 0 Å². The van der Waals surface area contributed by atoms with Gasteiger partial charge in [0, 0.05) is 38.9 Å². The van der Waals surface area contributed by atoms with E-state index in [0.717, 1.165) is 38.4 Å². The summed E-state index contributed by atoms with van der Waals surface area (Å²) in [4.78, 5) is 16.7. The van der Waals surface area contributed by atoms with Crippen molar-refractivity contribution in [2.24, 2.45) is 0 Å². The van der Waals surface area contributed by atoms with Crippen LogP contribution in [0.25, 0.3) is 0 Å². The van der Waals surface area contributed by atoms with Crippen molar-refractivity contribution in [3.05, 3.63) is 53.3 Å². The summed E-state index contributed by atoms with van der Waals surface area (Å²) in [6.07, 6.45) is 1.86. The highest BCUT2D eigenvalue weighted by molar-refractivity contribution is 5.76. The van der Waals surface area contributed by atoms with Gasteiger partial charge in [-0.25, -0.2) is 0 Å². The van der Waals surface area contributed by atoms with Crippen LogP contribution in [0.3, 0.4) is 0 Å². The van der Waals surface area contributed by atoms with Crippen LogP contribution in [0.2, 0.25) is 0 Å². The summed E-state index contributed by atoms with van der Waals surface area (Å²) in [5.74, 6) is 0.156. The fourth-order valence-electron chi connectivity index (χ4n) is 3.01. The van der Waals surface area contributed by atoms with E-state index < -0.39 is 0 Å². The summed E-state index contributed by atoms with van der Waals surface area (Å²) >= 11 is 0. The Balaban J connectivity index is 1.49. The molecule has 1 aromatic heterocycles. The van der Waals surface area contributed by atoms with Crippen molar-refractivity contribution in [1.82, 2.24) is 19.6 Å². The summed E-state index contributed by atoms with van der Waals surface area (Å²) in [7, 11) is 0. The molecular weight excluding hydrogens is 288 g/mol. The van der Waals surface area contributed by atoms with Crippen LogP contribution in [-0.2, 0) is 17.9 Å². The molecule has 5 heteroatoms. The van der Waals surface area contributed by atoms with Crippen LogP contribution in [0.1, 0.15) is 16.8 Å². The molecule has 1 fully saturated rings. The maximum atomic E-state index is 12.3. The molecular formula is C18H24N4O. The number of aromatic nitrogens is 2. The Morgan fingerprint density at radius 2 is 1.91 bits per heavy atom. The average molecular weight is 312 g/mol. The lowest BCUT2D eigenvalue weighted by Gasteiger charge is -2.34. The lowest BCUT2D eigenvalue weighted by atomic mass is 10.1. The van der Waals surface area contributed by atoms with Gasteiger partial charge in [0.1, 0.15) is 6.54 Å². The topological polar surface area (TPSA) is 41.4 Å². The highest BCUT2D eigenvalue weighted by Crippen LogP contribution is 2.11. The summed E-state index contributed by atoms with van der Waals surface area (Å²) in [5, 5.41) is 4.28. The van der Waals surface area contributed by atoms with E-state index in [1.54, 1.807) is 4.68 Å². The van der Waals surface area contributed by atoms with Crippen molar-refractivity contribution < 1.29 is 4.79 Å². The minimum Gasteiger partial charge on any atom is -0.339 e. The standard InChI is InChI=1S/C18H24N4O/c1-15-4-3-5-17(12-15)13-20-8-10-21(11-9-20)18(23)14-22-7-6-16(2)19-22/h3-7,12H,8-11,13-14H2,1-2H3. The maximum absolute atomic E-state index is 12.3. The van der Waals surface area contributed by atoms with E-state index in [4.69, 9.17) is 0 Å². The molecule has 2 aromatic rings. The second-order valence-corrected chi connectivity index (χ2v) is 6.30. The minimum atomic E-state index is 0.156. The molecule has 0 unspecified atom stereocenters. The van der Waals surface area contributed by atoms with E-state index in [2.05, 4.69) is 41.2 Å². The number of nitrogens with zero attached hydrogens (tertiary/aromatic N) is 4. The predicted octanol–water partition coefficient (Wildman–Crippen LogP) is 1.84. The number of piperazine rings is 1. The van der Waals surface area contributed by atoms with Gasteiger partial charge in [0.2, 0.25) is 5.91 Å². The third kappa shape index (κ3) is 4.20. The third-order valence-electron chi connectivity index (χ3n) is 4.28. The summed E-state index contributed by atoms with van der Waals surface area (Å²) in [5.41, 5.74) is 3.59. The molecule has 1 aliphatic heterocycles. The predicted molar refractivity (Wildman–Crippen MR) is 90.0 cm³/mol. The van der Waals surface area contributed by atoms with Crippen LogP contribution in [-0.4, -0.2) is 51.7 Å². The lowest BCUT2D eigenvalue weighted by molar-refractivity contribution is -0.133. The van der Waals surface area contributed by atoms with E-state index in [-0.39, 0.29) is 5.91 Å². The molecule has 0 bridgehead atoms. The van der Waals surface area contributed by atoms with Gasteiger partial charge in [-0.15, -0.1) is 0 Å². The van der Waals surface area contributed by atoms with E-state index in [1.807, 2.05) is 24.1 Å². The zero-order valence-corrected chi connectivity index (χ0v) is 13.9. The van der Waals surface area contributed by atoms with Crippen LogP contribution in [0, 0.1) is 13.8 Å². The maximum Gasteiger partial charge on any atom is 0.244 e. The number of benzene rings is 1. The van der Waals surface area contributed by atoms with Crippen molar-refractivity contribution >= 4 is 5.91 Å². The summed E-state index contributed by atoms with van der Waals surface area (Å²) in [6, 6.07) is 10.6. The van der Waals surface area contributed by atoms with Crippen LogP contribution in [0.4, 0.5) is 0 Å². The minimum absolute atomic E-state index is 0.156. The van der Waals surface area contributed by atoms with Gasteiger partial charge in [0.25, 0.3) is 0 Å². The molecule has 1 saturated heterocycles. The molecule has 1 aliphatic rings. The molecule has 0 aliphatic carbocycles. The molecule has 5 nitrogen and oxygen atoms in total. The van der Waals surface area contributed by atoms with E-state index in [9.17, 15) is 4.79 Å². The summed E-state index contributed by atoms with van der Waals surface area (Å²) in [6.45, 7) is 8.81. The van der Waals surface area contributed by atoms with Crippen molar-refractivity contribution in [3.63, 3.8) is 0 Å². The molecule has 0 saturated carbocycles. The molecule has 3 rings (SSSR count). The van der Waals surface area contributed by atoms with Gasteiger partial charge in [-0.05, 0) is 25.5 Å². The SMILES string of the molecule is Cc1cccc(CN2CCN(C(=O)Cn3ccc(C)n3)CC2)c1. The first kappa shape index (κ1) is 15.7. The van der Waals surface area contributed by atoms with Gasteiger partial charge in [-0.1, -0.05) is 29.8 Å². The van der Waals surface area contributed by atoms with Crippen molar-refractivity contribution in [1.29, 1.82) is 0 Å². The van der Waals surface area contributed by atoms with E-state index >= 15 is 0 Å². The molecule has 23 heavy (non-hydrogen) atoms. The Morgan fingerprint density at radius 1 is 1.13 bits per heavy atom. The highest BCUT2D eigenvalue weighted by Gasteiger charge is 2.21. The first-order chi connectivity index (χ1) is 11.1. The van der Waals surface area contributed by atoms with Gasteiger partial charge in [-0.3, -0.25) is 14.4 Å². The number of hydrogen-bond donors (Lipinski definition) is 0. The number of hydrogen-bond acceptors (Lipinski definition) is 3. The molecule has 1 aromatic carbocycles. The first-order valence-corrected chi connectivity index (χ1v) is 8.16. The molecule has 0 N–H and O–H groups in total. The zero-order chi connectivity index (χ0) is 16.2. The molecule has 0 spiro atoms. The Kier molecular flexibility index (Phi) is 4.76. The molecule has 122 valence electrons. The van der Waals surface area contributed by atoms with Gasteiger partial charge >= 0.3 is 0 Å². The Labute approximate surface area is 137 Å². The largest absolute Gasteiger partial charge is 0.339 e. The number of carbonyl (C=O) groups is 1. The molecule has 0 radical (unpaired) electrons. The molecule has 2 heterocycles. The molecule has 1 amide bonds. The lowest BCUT2D eigenvalue weighted by Crippen LogP contribution is -2.49. The monoisotopic (exact) mass is 312 g/mol. The Bertz CT molecular complexity index is 671. The zero-order valence-electron chi connectivity index (χ0n) is 13.9. The smallest absolute Gasteiger partial charge is 0.244 e. The first-order valence-electron chi connectivity index (χ1n) is 8.16. The normalized spacial score (nSPS) is 15.8. The van der Waals surface area contributed by atoms with Crippen molar-refractivity contribution in [3.8, 4) is 0 Å². The number of amides is 1. The van der Waals surface area contributed by atoms with Gasteiger partial charge < -0.3 is 4.90 Å². The Morgan fingerprint density at radius 3 is 2.57 bits per heavy atom. The number of carbonyl (C=O) groups excluding carboxylic acids is 1. The van der Waals surface area contributed by atoms with Crippen molar-refractivity contribution in [2.75, 3.05) is 26.2 Å². The van der Waals surface area contributed by atoms with E-state index in [1.165, 1.54) is 11.1 Å². The van der Waals surface area contributed by atoms with E-state index in [0.29, 0.717) is 6.54 Å². The average Bonchev–Trinajstić information content (AvgIpc) is 2.93. The summed E-state index contributed by atoms with van der Waals surface area (Å²) < 4.78 is 1.72.